The molecule has 3 N–H and O–H groups in total. The highest BCUT2D eigenvalue weighted by molar-refractivity contribution is 7.22. The predicted molar refractivity (Wildman–Crippen MR) is 102 cm³/mol. The fraction of sp³-hybridized carbons (Fsp3) is 0.333. The Morgan fingerprint density at radius 3 is 2.89 bits per heavy atom. The number of H-pyrrole nitrogens is 1. The maximum absolute atomic E-state index is 12.8. The number of hydrogen-bond donors (Lipinski definition) is 3. The average Bonchev–Trinajstić information content (AvgIpc) is 3.36. The van der Waals surface area contributed by atoms with Crippen molar-refractivity contribution >= 4 is 38.6 Å². The number of amides is 2. The van der Waals surface area contributed by atoms with Gasteiger partial charge in [0.1, 0.15) is 10.4 Å². The highest BCUT2D eigenvalue weighted by atomic mass is 32.1. The van der Waals surface area contributed by atoms with Crippen LogP contribution < -0.4 is 5.32 Å². The lowest BCUT2D eigenvalue weighted by Gasteiger charge is -2.22. The Bertz CT molecular complexity index is 994. The molecule has 0 saturated carbocycles. The van der Waals surface area contributed by atoms with Gasteiger partial charge < -0.3 is 10.0 Å². The summed E-state index contributed by atoms with van der Waals surface area (Å²) in [5, 5.41) is 19.4. The Morgan fingerprint density at radius 1 is 1.37 bits per heavy atom. The van der Waals surface area contributed by atoms with Crippen molar-refractivity contribution in [2.45, 2.75) is 25.8 Å². The Morgan fingerprint density at radius 2 is 2.15 bits per heavy atom. The number of anilines is 1. The summed E-state index contributed by atoms with van der Waals surface area (Å²) in [6.07, 6.45) is 1.66. The fourth-order valence-corrected chi connectivity index (χ4v) is 4.11. The van der Waals surface area contributed by atoms with E-state index in [4.69, 9.17) is 0 Å². The quantitative estimate of drug-likeness (QED) is 0.637. The summed E-state index contributed by atoms with van der Waals surface area (Å²) in [4.78, 5) is 31.1. The van der Waals surface area contributed by atoms with Gasteiger partial charge in [0.05, 0.1) is 12.6 Å². The molecule has 1 fully saturated rings. The summed E-state index contributed by atoms with van der Waals surface area (Å²) in [5.74, 6) is -0.461. The molecule has 140 valence electrons. The number of carbonyl (C=O) groups excluding carboxylic acids is 2. The van der Waals surface area contributed by atoms with Crippen LogP contribution in [0.5, 0.6) is 0 Å². The van der Waals surface area contributed by atoms with Crippen molar-refractivity contribution in [2.75, 3.05) is 18.5 Å². The predicted octanol–water partition coefficient (Wildman–Crippen LogP) is 2.18. The summed E-state index contributed by atoms with van der Waals surface area (Å²) < 4.78 is 0.600. The molecule has 27 heavy (non-hydrogen) atoms. The van der Waals surface area contributed by atoms with Gasteiger partial charge in [-0.05, 0) is 31.9 Å². The molecule has 1 unspecified atom stereocenters. The number of aromatic amines is 1. The second-order valence-electron chi connectivity index (χ2n) is 6.57. The third-order valence-corrected chi connectivity index (χ3v) is 5.68. The van der Waals surface area contributed by atoms with Gasteiger partial charge in [-0.2, -0.15) is 10.1 Å². The summed E-state index contributed by atoms with van der Waals surface area (Å²) in [7, 11) is 0. The molecule has 1 aromatic carbocycles. The summed E-state index contributed by atoms with van der Waals surface area (Å²) in [6, 6.07) is 7.08. The molecule has 2 amide bonds. The van der Waals surface area contributed by atoms with Gasteiger partial charge in [0.2, 0.25) is 0 Å². The largest absolute Gasteiger partial charge is 0.394 e. The van der Waals surface area contributed by atoms with Crippen molar-refractivity contribution in [1.29, 1.82) is 0 Å². The minimum atomic E-state index is -0.261. The van der Waals surface area contributed by atoms with Crippen molar-refractivity contribution in [3.8, 4) is 0 Å². The zero-order valence-electron chi connectivity index (χ0n) is 14.7. The monoisotopic (exact) mass is 385 g/mol. The number of hydrogen-bond acceptors (Lipinski definition) is 6. The molecule has 0 bridgehead atoms. The lowest BCUT2D eigenvalue weighted by atomic mass is 10.1. The fourth-order valence-electron chi connectivity index (χ4n) is 3.22. The van der Waals surface area contributed by atoms with E-state index in [1.165, 1.54) is 11.3 Å². The maximum Gasteiger partial charge on any atom is 0.273 e. The number of aliphatic hydroxyl groups excluding tert-OH is 1. The van der Waals surface area contributed by atoms with E-state index in [0.717, 1.165) is 18.4 Å². The first-order valence-corrected chi connectivity index (χ1v) is 9.53. The Kier molecular flexibility index (Phi) is 4.63. The third-order valence-electron chi connectivity index (χ3n) is 4.71. The molecule has 0 radical (unpaired) electrons. The average molecular weight is 385 g/mol. The Labute approximate surface area is 159 Å². The molecule has 0 aliphatic carbocycles. The number of aryl methyl sites for hydroxylation is 1. The highest BCUT2D eigenvalue weighted by Gasteiger charge is 2.31. The minimum Gasteiger partial charge on any atom is -0.394 e. The first-order chi connectivity index (χ1) is 13.1. The molecule has 9 heteroatoms. The lowest BCUT2D eigenvalue weighted by Crippen LogP contribution is -2.37. The van der Waals surface area contributed by atoms with Gasteiger partial charge in [-0.15, -0.1) is 0 Å². The summed E-state index contributed by atoms with van der Waals surface area (Å²) >= 11 is 1.21. The molecule has 4 rings (SSSR count). The highest BCUT2D eigenvalue weighted by Crippen LogP contribution is 2.30. The summed E-state index contributed by atoms with van der Waals surface area (Å²) in [5.41, 5.74) is 2.35. The number of aromatic nitrogens is 3. The zero-order valence-corrected chi connectivity index (χ0v) is 15.5. The van der Waals surface area contributed by atoms with Gasteiger partial charge in [0, 0.05) is 12.1 Å². The molecule has 3 aromatic rings. The number of nitrogens with zero attached hydrogens (tertiary/aromatic N) is 3. The van der Waals surface area contributed by atoms with E-state index in [9.17, 15) is 14.7 Å². The number of thiazole rings is 1. The van der Waals surface area contributed by atoms with E-state index >= 15 is 0 Å². The molecule has 0 spiro atoms. The minimum absolute atomic E-state index is 0.0520. The van der Waals surface area contributed by atoms with Crippen LogP contribution in [0.25, 0.3) is 10.3 Å². The van der Waals surface area contributed by atoms with E-state index in [1.54, 1.807) is 17.0 Å². The number of nitrogens with one attached hydrogen (secondary N) is 2. The first kappa shape index (κ1) is 17.6. The van der Waals surface area contributed by atoms with Crippen molar-refractivity contribution < 1.29 is 14.7 Å². The van der Waals surface area contributed by atoms with E-state index in [0.29, 0.717) is 33.3 Å². The van der Waals surface area contributed by atoms with Crippen LogP contribution in [0.2, 0.25) is 0 Å². The summed E-state index contributed by atoms with van der Waals surface area (Å²) in [6.45, 7) is 2.52. The Balaban J connectivity index is 1.56. The van der Waals surface area contributed by atoms with Gasteiger partial charge in [0.15, 0.2) is 10.8 Å². The molecule has 3 heterocycles. The van der Waals surface area contributed by atoms with E-state index in [-0.39, 0.29) is 24.5 Å². The normalized spacial score (nSPS) is 16.8. The van der Waals surface area contributed by atoms with Crippen LogP contribution in [0, 0.1) is 6.92 Å². The van der Waals surface area contributed by atoms with Crippen LogP contribution in [-0.2, 0) is 0 Å². The second-order valence-corrected chi connectivity index (χ2v) is 7.57. The van der Waals surface area contributed by atoms with Gasteiger partial charge >= 0.3 is 0 Å². The molecule has 1 aliphatic heterocycles. The SMILES string of the molecule is Cc1ccc(C(=O)Nc2nc3n[nH]c(C(=O)N4CCCC4CO)c3s2)cc1. The molecular weight excluding hydrogens is 366 g/mol. The van der Waals surface area contributed by atoms with Crippen molar-refractivity contribution in [1.82, 2.24) is 20.1 Å². The van der Waals surface area contributed by atoms with Crippen molar-refractivity contribution in [3.05, 3.63) is 41.1 Å². The van der Waals surface area contributed by atoms with Crippen molar-refractivity contribution in [3.63, 3.8) is 0 Å². The van der Waals surface area contributed by atoms with E-state index in [2.05, 4.69) is 20.5 Å². The van der Waals surface area contributed by atoms with Crippen LogP contribution >= 0.6 is 11.3 Å². The first-order valence-electron chi connectivity index (χ1n) is 8.71. The van der Waals surface area contributed by atoms with Crippen LogP contribution in [0.3, 0.4) is 0 Å². The number of likely N-dealkylation sites (tertiary alicyclic amines) is 1. The smallest absolute Gasteiger partial charge is 0.273 e. The number of aliphatic hydroxyl groups is 1. The third kappa shape index (κ3) is 3.31. The number of benzene rings is 1. The van der Waals surface area contributed by atoms with Crippen LogP contribution in [0.1, 0.15) is 39.3 Å². The molecule has 8 nitrogen and oxygen atoms in total. The standard InChI is InChI=1S/C18H19N5O3S/c1-10-4-6-11(7-5-10)16(25)20-18-19-15-14(27-18)13(21-22-15)17(26)23-8-2-3-12(23)9-24/h4-7,12,24H,2-3,8-9H2,1H3,(H2,19,20,21,22,25). The number of rotatable bonds is 4. The molecule has 1 saturated heterocycles. The Hall–Kier alpha value is -2.78. The van der Waals surface area contributed by atoms with Crippen molar-refractivity contribution in [2.24, 2.45) is 0 Å². The van der Waals surface area contributed by atoms with E-state index in [1.807, 2.05) is 19.1 Å². The van der Waals surface area contributed by atoms with Gasteiger partial charge in [-0.3, -0.25) is 20.0 Å². The lowest BCUT2D eigenvalue weighted by molar-refractivity contribution is 0.0673. The molecule has 1 atom stereocenters. The van der Waals surface area contributed by atoms with Crippen LogP contribution in [-0.4, -0.2) is 56.2 Å². The topological polar surface area (TPSA) is 111 Å². The van der Waals surface area contributed by atoms with Crippen LogP contribution in [0.4, 0.5) is 5.13 Å². The zero-order chi connectivity index (χ0) is 19.0. The number of fused-ring (bicyclic) bond motifs is 1. The maximum atomic E-state index is 12.8. The van der Waals surface area contributed by atoms with Gasteiger partial charge in [-0.1, -0.05) is 29.0 Å². The molecule has 1 aliphatic rings. The second kappa shape index (κ2) is 7.09. The van der Waals surface area contributed by atoms with Gasteiger partial charge in [0.25, 0.3) is 11.8 Å². The van der Waals surface area contributed by atoms with Gasteiger partial charge in [-0.25, -0.2) is 0 Å². The van der Waals surface area contributed by atoms with E-state index < -0.39 is 0 Å². The van der Waals surface area contributed by atoms with Crippen LogP contribution in [0.15, 0.2) is 24.3 Å². The molecule has 2 aromatic heterocycles. The number of carbonyl (C=O) groups is 2. The molecular formula is C18H19N5O3S.